The van der Waals surface area contributed by atoms with E-state index in [-0.39, 0.29) is 18.6 Å². The number of aliphatic hydroxyl groups excluding tert-OH is 1. The largest absolute Gasteiger partial charge is 0.396 e. The lowest BCUT2D eigenvalue weighted by Crippen LogP contribution is -2.22. The van der Waals surface area contributed by atoms with E-state index in [1.165, 1.54) is 0 Å². The fourth-order valence-electron chi connectivity index (χ4n) is 1.21. The summed E-state index contributed by atoms with van der Waals surface area (Å²) in [6.45, 7) is 2.23. The van der Waals surface area contributed by atoms with Gasteiger partial charge in [0.15, 0.2) is 0 Å². The van der Waals surface area contributed by atoms with Gasteiger partial charge in [0.05, 0.1) is 0 Å². The smallest absolute Gasteiger partial charge is 0.0477 e. The summed E-state index contributed by atoms with van der Waals surface area (Å²) in [5, 5.41) is 11.0. The minimum atomic E-state index is -0.000000000000000666. The maximum Gasteiger partial charge on any atom is 0.0477 e. The normalized spacial score (nSPS) is 15.9. The Morgan fingerprint density at radius 1 is 1.67 bits per heavy atom. The van der Waals surface area contributed by atoms with E-state index in [4.69, 9.17) is 10.8 Å². The molecule has 0 aliphatic rings. The quantitative estimate of drug-likeness (QED) is 0.751. The number of rotatable bonds is 4. The third-order valence-electron chi connectivity index (χ3n) is 2.14. The van der Waals surface area contributed by atoms with Crippen LogP contribution in [-0.4, -0.2) is 11.7 Å². The van der Waals surface area contributed by atoms with Crippen LogP contribution in [0.3, 0.4) is 0 Å². The summed E-state index contributed by atoms with van der Waals surface area (Å²) in [5.41, 5.74) is 5.96. The monoisotopic (exact) mass is 185 g/mol. The van der Waals surface area contributed by atoms with Crippen molar-refractivity contribution in [2.75, 3.05) is 6.61 Å². The van der Waals surface area contributed by atoms with Crippen LogP contribution in [0.2, 0.25) is 0 Å². The predicted octanol–water partition coefficient (Wildman–Crippen LogP) is 1.77. The summed E-state index contributed by atoms with van der Waals surface area (Å²) < 4.78 is 0. The van der Waals surface area contributed by atoms with E-state index in [2.05, 4.69) is 0 Å². The molecule has 0 amide bonds. The second-order valence-electron chi connectivity index (χ2n) is 2.89. The lowest BCUT2D eigenvalue weighted by atomic mass is 9.97. The molecule has 0 bridgehead atoms. The zero-order valence-corrected chi connectivity index (χ0v) is 8.05. The topological polar surface area (TPSA) is 46.2 Å². The maximum atomic E-state index is 9.02. The Morgan fingerprint density at radius 3 is 2.83 bits per heavy atom. The lowest BCUT2D eigenvalue weighted by Gasteiger charge is -2.18. The van der Waals surface area contributed by atoms with Crippen molar-refractivity contribution >= 4 is 11.3 Å². The molecule has 1 rings (SSSR count). The lowest BCUT2D eigenvalue weighted by molar-refractivity contribution is 0.202. The van der Waals surface area contributed by atoms with Crippen LogP contribution in [0, 0.1) is 5.92 Å². The van der Waals surface area contributed by atoms with Crippen molar-refractivity contribution < 1.29 is 5.11 Å². The van der Waals surface area contributed by atoms with Crippen LogP contribution >= 0.6 is 11.3 Å². The number of aliphatic hydroxyl groups is 1. The Hall–Kier alpha value is -0.380. The van der Waals surface area contributed by atoms with Crippen molar-refractivity contribution in [3.63, 3.8) is 0 Å². The van der Waals surface area contributed by atoms with Gasteiger partial charge in [-0.25, -0.2) is 0 Å². The molecule has 2 atom stereocenters. The molecular weight excluding hydrogens is 170 g/mol. The molecule has 0 saturated carbocycles. The Bertz CT molecular complexity index is 206. The Morgan fingerprint density at radius 2 is 2.42 bits per heavy atom. The van der Waals surface area contributed by atoms with E-state index in [0.717, 1.165) is 11.3 Å². The third-order valence-corrected chi connectivity index (χ3v) is 3.11. The van der Waals surface area contributed by atoms with Gasteiger partial charge >= 0.3 is 0 Å². The molecule has 68 valence electrons. The van der Waals surface area contributed by atoms with Gasteiger partial charge in [0.25, 0.3) is 0 Å². The number of nitrogens with two attached hydrogens (primary N) is 1. The molecule has 0 saturated heterocycles. The average Bonchev–Trinajstić information content (AvgIpc) is 2.58. The van der Waals surface area contributed by atoms with E-state index in [1.807, 2.05) is 24.4 Å². The highest BCUT2D eigenvalue weighted by Crippen LogP contribution is 2.25. The van der Waals surface area contributed by atoms with Crippen molar-refractivity contribution in [1.82, 2.24) is 0 Å². The van der Waals surface area contributed by atoms with Crippen LogP contribution in [0.25, 0.3) is 0 Å². The maximum absolute atomic E-state index is 9.02. The summed E-state index contributed by atoms with van der Waals surface area (Å²) >= 11 is 1.65. The van der Waals surface area contributed by atoms with Gasteiger partial charge in [-0.3, -0.25) is 0 Å². The molecule has 0 aromatic carbocycles. The van der Waals surface area contributed by atoms with Crippen LogP contribution in [0.5, 0.6) is 0 Å². The average molecular weight is 185 g/mol. The van der Waals surface area contributed by atoms with E-state index >= 15 is 0 Å². The van der Waals surface area contributed by atoms with Gasteiger partial charge in [0, 0.05) is 23.4 Å². The van der Waals surface area contributed by atoms with Crippen molar-refractivity contribution in [2.24, 2.45) is 11.7 Å². The second-order valence-corrected chi connectivity index (χ2v) is 3.87. The van der Waals surface area contributed by atoms with Gasteiger partial charge in [-0.15, -0.1) is 11.3 Å². The van der Waals surface area contributed by atoms with E-state index in [1.54, 1.807) is 11.3 Å². The first-order valence-corrected chi connectivity index (χ1v) is 5.07. The molecule has 1 aromatic heterocycles. The van der Waals surface area contributed by atoms with Crippen molar-refractivity contribution in [1.29, 1.82) is 0 Å². The standard InChI is InChI=1S/C9H15NOS/c1-2-7(6-11)9(10)8-4-3-5-12-8/h3-5,7,9,11H,2,6,10H2,1H3. The number of hydrogen-bond donors (Lipinski definition) is 2. The molecule has 0 spiro atoms. The zero-order chi connectivity index (χ0) is 8.97. The summed E-state index contributed by atoms with van der Waals surface area (Å²) in [7, 11) is 0. The van der Waals surface area contributed by atoms with Crippen molar-refractivity contribution in [3.8, 4) is 0 Å². The molecule has 0 aliphatic carbocycles. The highest BCUT2D eigenvalue weighted by Gasteiger charge is 2.17. The molecule has 3 heteroatoms. The molecular formula is C9H15NOS. The fraction of sp³-hybridized carbons (Fsp3) is 0.556. The van der Waals surface area contributed by atoms with E-state index < -0.39 is 0 Å². The van der Waals surface area contributed by atoms with E-state index in [0.29, 0.717) is 0 Å². The first kappa shape index (κ1) is 9.71. The molecule has 2 unspecified atom stereocenters. The van der Waals surface area contributed by atoms with Crippen LogP contribution in [0.4, 0.5) is 0 Å². The first-order chi connectivity index (χ1) is 5.79. The molecule has 1 aromatic rings. The number of thiophene rings is 1. The van der Waals surface area contributed by atoms with Gasteiger partial charge in [-0.1, -0.05) is 13.0 Å². The van der Waals surface area contributed by atoms with Gasteiger partial charge in [0.1, 0.15) is 0 Å². The van der Waals surface area contributed by atoms with Gasteiger partial charge in [0.2, 0.25) is 0 Å². The molecule has 12 heavy (non-hydrogen) atoms. The molecule has 2 nitrogen and oxygen atoms in total. The molecule has 1 heterocycles. The summed E-state index contributed by atoms with van der Waals surface area (Å²) in [6.07, 6.45) is 0.926. The fourth-order valence-corrected chi connectivity index (χ4v) is 2.03. The van der Waals surface area contributed by atoms with Gasteiger partial charge < -0.3 is 10.8 Å². The SMILES string of the molecule is CCC(CO)C(N)c1cccs1. The Labute approximate surface area is 77.0 Å². The highest BCUT2D eigenvalue weighted by atomic mass is 32.1. The predicted molar refractivity (Wildman–Crippen MR) is 52.1 cm³/mol. The summed E-state index contributed by atoms with van der Waals surface area (Å²) in [5.74, 6) is 0.198. The highest BCUT2D eigenvalue weighted by molar-refractivity contribution is 7.10. The zero-order valence-electron chi connectivity index (χ0n) is 7.23. The van der Waals surface area contributed by atoms with E-state index in [9.17, 15) is 0 Å². The van der Waals surface area contributed by atoms with Crippen LogP contribution in [-0.2, 0) is 0 Å². The summed E-state index contributed by atoms with van der Waals surface area (Å²) in [4.78, 5) is 1.16. The third kappa shape index (κ3) is 2.06. The van der Waals surface area contributed by atoms with Crippen LogP contribution < -0.4 is 5.73 Å². The van der Waals surface area contributed by atoms with Crippen molar-refractivity contribution in [3.05, 3.63) is 22.4 Å². The van der Waals surface area contributed by atoms with Gasteiger partial charge in [-0.2, -0.15) is 0 Å². The van der Waals surface area contributed by atoms with Gasteiger partial charge in [-0.05, 0) is 17.9 Å². The van der Waals surface area contributed by atoms with Crippen molar-refractivity contribution in [2.45, 2.75) is 19.4 Å². The minimum Gasteiger partial charge on any atom is -0.396 e. The minimum absolute atomic E-state index is 0.000000000000000666. The Kier molecular flexibility index (Phi) is 3.72. The molecule has 3 N–H and O–H groups in total. The summed E-state index contributed by atoms with van der Waals surface area (Å²) in [6, 6.07) is 4.01. The second kappa shape index (κ2) is 4.60. The molecule has 0 aliphatic heterocycles. The molecule has 0 fully saturated rings. The van der Waals surface area contributed by atoms with Crippen LogP contribution in [0.15, 0.2) is 17.5 Å². The van der Waals surface area contributed by atoms with Crippen LogP contribution in [0.1, 0.15) is 24.3 Å². The number of hydrogen-bond acceptors (Lipinski definition) is 3. The first-order valence-electron chi connectivity index (χ1n) is 4.19. The Balaban J connectivity index is 2.63. The molecule has 0 radical (unpaired) electrons.